The Morgan fingerprint density at radius 1 is 1.04 bits per heavy atom. The van der Waals surface area contributed by atoms with Crippen molar-refractivity contribution in [1.82, 2.24) is 0 Å². The van der Waals surface area contributed by atoms with Gasteiger partial charge in [-0.15, -0.1) is 0 Å². The van der Waals surface area contributed by atoms with Gasteiger partial charge in [0, 0.05) is 6.07 Å². The lowest BCUT2D eigenvalue weighted by atomic mass is 10.1. The number of rotatable bonds is 5. The summed E-state index contributed by atoms with van der Waals surface area (Å²) < 4.78 is 9.88. The zero-order valence-electron chi connectivity index (χ0n) is 13.1. The molecule has 0 amide bonds. The van der Waals surface area contributed by atoms with Crippen LogP contribution in [0.1, 0.15) is 39.3 Å². The molecule has 2 aromatic rings. The summed E-state index contributed by atoms with van der Waals surface area (Å²) in [6.45, 7) is 1.55. The molecule has 0 aliphatic carbocycles. The van der Waals surface area contributed by atoms with Crippen molar-refractivity contribution >= 4 is 17.6 Å². The molecular formula is C17H15NO6. The fourth-order valence-corrected chi connectivity index (χ4v) is 2.18. The number of nitro groups is 1. The fraction of sp³-hybridized carbons (Fsp3) is 0.176. The van der Waals surface area contributed by atoms with Crippen LogP contribution in [0.25, 0.3) is 0 Å². The van der Waals surface area contributed by atoms with E-state index in [4.69, 9.17) is 4.74 Å². The van der Waals surface area contributed by atoms with Gasteiger partial charge < -0.3 is 9.47 Å². The highest BCUT2D eigenvalue weighted by molar-refractivity contribution is 5.95. The SMILES string of the molecule is COC(=O)c1cccc(C(=O)OC(C)c2ccccc2[N+](=O)[O-])c1. The molecule has 0 N–H and O–H groups in total. The standard InChI is InChI=1S/C17H15NO6/c1-11(14-8-3-4-9-15(14)18(21)22)24-17(20)13-7-5-6-12(10-13)16(19)23-2/h3-11H,1-2H3. The van der Waals surface area contributed by atoms with Gasteiger partial charge in [-0.25, -0.2) is 9.59 Å². The smallest absolute Gasteiger partial charge is 0.338 e. The average Bonchev–Trinajstić information content (AvgIpc) is 2.60. The van der Waals surface area contributed by atoms with E-state index in [9.17, 15) is 19.7 Å². The summed E-state index contributed by atoms with van der Waals surface area (Å²) in [5.74, 6) is -1.26. The lowest BCUT2D eigenvalue weighted by Gasteiger charge is -2.14. The van der Waals surface area contributed by atoms with Crippen LogP contribution in [-0.4, -0.2) is 24.0 Å². The van der Waals surface area contributed by atoms with E-state index >= 15 is 0 Å². The highest BCUT2D eigenvalue weighted by Gasteiger charge is 2.22. The van der Waals surface area contributed by atoms with Crippen LogP contribution in [0.5, 0.6) is 0 Å². The lowest BCUT2D eigenvalue weighted by Crippen LogP contribution is -2.11. The molecule has 1 unspecified atom stereocenters. The number of para-hydroxylation sites is 1. The van der Waals surface area contributed by atoms with Crippen LogP contribution in [0.15, 0.2) is 48.5 Å². The molecule has 0 aliphatic rings. The number of carbonyl (C=O) groups excluding carboxylic acids is 2. The van der Waals surface area contributed by atoms with E-state index in [1.54, 1.807) is 13.0 Å². The lowest BCUT2D eigenvalue weighted by molar-refractivity contribution is -0.386. The minimum absolute atomic E-state index is 0.124. The second-order valence-electron chi connectivity index (χ2n) is 4.94. The van der Waals surface area contributed by atoms with Crippen LogP contribution in [0.2, 0.25) is 0 Å². The Morgan fingerprint density at radius 3 is 2.29 bits per heavy atom. The average molecular weight is 329 g/mol. The Hall–Kier alpha value is -3.22. The molecule has 0 radical (unpaired) electrons. The number of hydrogen-bond donors (Lipinski definition) is 0. The molecule has 0 aromatic heterocycles. The third kappa shape index (κ3) is 3.75. The Balaban J connectivity index is 2.21. The molecule has 2 rings (SSSR count). The normalized spacial score (nSPS) is 11.4. The topological polar surface area (TPSA) is 95.7 Å². The van der Waals surface area contributed by atoms with Crippen molar-refractivity contribution in [3.8, 4) is 0 Å². The van der Waals surface area contributed by atoms with Crippen LogP contribution in [0, 0.1) is 10.1 Å². The van der Waals surface area contributed by atoms with Crippen molar-refractivity contribution in [3.05, 3.63) is 75.3 Å². The summed E-state index contributed by atoms with van der Waals surface area (Å²) in [4.78, 5) is 34.2. The quantitative estimate of drug-likeness (QED) is 0.474. The molecule has 2 aromatic carbocycles. The number of esters is 2. The first kappa shape index (κ1) is 17.1. The Kier molecular flexibility index (Phi) is 5.26. The second kappa shape index (κ2) is 7.36. The van der Waals surface area contributed by atoms with Crippen LogP contribution in [0.4, 0.5) is 5.69 Å². The predicted octanol–water partition coefficient (Wildman–Crippen LogP) is 3.30. The van der Waals surface area contributed by atoms with Gasteiger partial charge in [0.15, 0.2) is 0 Å². The Bertz CT molecular complexity index is 786. The van der Waals surface area contributed by atoms with Gasteiger partial charge in [0.2, 0.25) is 0 Å². The molecule has 0 fully saturated rings. The molecule has 0 saturated heterocycles. The minimum atomic E-state index is -0.819. The number of benzene rings is 2. The van der Waals surface area contributed by atoms with E-state index in [1.165, 1.54) is 49.6 Å². The van der Waals surface area contributed by atoms with Crippen LogP contribution < -0.4 is 0 Å². The number of methoxy groups -OCH3 is 1. The van der Waals surface area contributed by atoms with E-state index in [-0.39, 0.29) is 16.8 Å². The first-order chi connectivity index (χ1) is 11.4. The van der Waals surface area contributed by atoms with Gasteiger partial charge in [-0.1, -0.05) is 18.2 Å². The van der Waals surface area contributed by atoms with E-state index in [0.717, 1.165) is 0 Å². The largest absolute Gasteiger partial charge is 0.465 e. The van der Waals surface area contributed by atoms with Crippen molar-refractivity contribution in [3.63, 3.8) is 0 Å². The van der Waals surface area contributed by atoms with Crippen LogP contribution in [0.3, 0.4) is 0 Å². The molecule has 124 valence electrons. The summed E-state index contributed by atoms with van der Waals surface area (Å²) >= 11 is 0. The zero-order valence-corrected chi connectivity index (χ0v) is 13.1. The van der Waals surface area contributed by atoms with Gasteiger partial charge in [0.1, 0.15) is 6.10 Å². The van der Waals surface area contributed by atoms with E-state index in [2.05, 4.69) is 4.74 Å². The van der Waals surface area contributed by atoms with E-state index < -0.39 is 23.0 Å². The second-order valence-corrected chi connectivity index (χ2v) is 4.94. The van der Waals surface area contributed by atoms with Gasteiger partial charge >= 0.3 is 11.9 Å². The molecule has 0 spiro atoms. The number of ether oxygens (including phenoxy) is 2. The molecule has 7 nitrogen and oxygen atoms in total. The number of hydrogen-bond acceptors (Lipinski definition) is 6. The van der Waals surface area contributed by atoms with Gasteiger partial charge in [-0.3, -0.25) is 10.1 Å². The maximum Gasteiger partial charge on any atom is 0.338 e. The van der Waals surface area contributed by atoms with E-state index in [1.807, 2.05) is 0 Å². The van der Waals surface area contributed by atoms with Gasteiger partial charge in [-0.05, 0) is 31.2 Å². The highest BCUT2D eigenvalue weighted by Crippen LogP contribution is 2.27. The van der Waals surface area contributed by atoms with Crippen molar-refractivity contribution < 1.29 is 24.0 Å². The predicted molar refractivity (Wildman–Crippen MR) is 84.7 cm³/mol. The fourth-order valence-electron chi connectivity index (χ4n) is 2.18. The first-order valence-corrected chi connectivity index (χ1v) is 7.06. The maximum absolute atomic E-state index is 12.2. The summed E-state index contributed by atoms with van der Waals surface area (Å²) in [6.07, 6.45) is -0.819. The molecule has 0 saturated carbocycles. The maximum atomic E-state index is 12.2. The Labute approximate surface area is 138 Å². The van der Waals surface area contributed by atoms with Crippen molar-refractivity contribution in [2.75, 3.05) is 7.11 Å². The molecule has 0 heterocycles. The number of carbonyl (C=O) groups is 2. The monoisotopic (exact) mass is 329 g/mol. The number of nitro benzene ring substituents is 1. The molecular weight excluding hydrogens is 314 g/mol. The third-order valence-electron chi connectivity index (χ3n) is 3.37. The molecule has 1 atom stereocenters. The summed E-state index contributed by atoms with van der Waals surface area (Å²) in [7, 11) is 1.24. The van der Waals surface area contributed by atoms with Crippen molar-refractivity contribution in [2.24, 2.45) is 0 Å². The van der Waals surface area contributed by atoms with Crippen molar-refractivity contribution in [1.29, 1.82) is 0 Å². The zero-order chi connectivity index (χ0) is 17.7. The van der Waals surface area contributed by atoms with Crippen LogP contribution >= 0.6 is 0 Å². The van der Waals surface area contributed by atoms with E-state index in [0.29, 0.717) is 5.56 Å². The summed E-state index contributed by atoms with van der Waals surface area (Å²) in [6, 6.07) is 11.9. The minimum Gasteiger partial charge on any atom is -0.465 e. The molecule has 24 heavy (non-hydrogen) atoms. The highest BCUT2D eigenvalue weighted by atomic mass is 16.6. The molecule has 7 heteroatoms. The van der Waals surface area contributed by atoms with Gasteiger partial charge in [0.05, 0.1) is 28.7 Å². The van der Waals surface area contributed by atoms with Gasteiger partial charge in [-0.2, -0.15) is 0 Å². The third-order valence-corrected chi connectivity index (χ3v) is 3.37. The van der Waals surface area contributed by atoms with Gasteiger partial charge in [0.25, 0.3) is 5.69 Å². The molecule has 0 bridgehead atoms. The van der Waals surface area contributed by atoms with Crippen LogP contribution in [-0.2, 0) is 9.47 Å². The summed E-state index contributed by atoms with van der Waals surface area (Å²) in [5, 5.41) is 11.0. The number of nitrogens with zero attached hydrogens (tertiary/aromatic N) is 1. The molecule has 0 aliphatic heterocycles. The Morgan fingerprint density at radius 2 is 1.67 bits per heavy atom. The van der Waals surface area contributed by atoms with Crippen molar-refractivity contribution in [2.45, 2.75) is 13.0 Å². The first-order valence-electron chi connectivity index (χ1n) is 7.06. The summed E-state index contributed by atoms with van der Waals surface area (Å²) in [5.41, 5.74) is 0.537.